The number of halogens is 2. The number of amides is 5. The Labute approximate surface area is 302 Å². The lowest BCUT2D eigenvalue weighted by Crippen LogP contribution is -2.48. The first kappa shape index (κ1) is 39.8. The highest BCUT2D eigenvalue weighted by Gasteiger charge is 2.38. The largest absolute Gasteiger partial charge is 0.387 e. The normalized spacial score (nSPS) is 15.8. The molecule has 12 nitrogen and oxygen atoms in total. The molecular formula is C38H48F2N6O6. The van der Waals surface area contributed by atoms with Crippen molar-refractivity contribution in [3.63, 3.8) is 0 Å². The highest BCUT2D eigenvalue weighted by molar-refractivity contribution is 6.03. The van der Waals surface area contributed by atoms with E-state index in [0.717, 1.165) is 28.7 Å². The minimum atomic E-state index is -1.07. The fourth-order valence-electron chi connectivity index (χ4n) is 6.42. The van der Waals surface area contributed by atoms with E-state index in [9.17, 15) is 37.9 Å². The van der Waals surface area contributed by atoms with E-state index in [0.29, 0.717) is 17.8 Å². The van der Waals surface area contributed by atoms with Gasteiger partial charge in [0.15, 0.2) is 0 Å². The van der Waals surface area contributed by atoms with E-state index in [4.69, 9.17) is 5.73 Å². The number of nitrogens with zero attached hydrogens (tertiary/aromatic N) is 3. The molecular weight excluding hydrogens is 674 g/mol. The van der Waals surface area contributed by atoms with Gasteiger partial charge in [-0.15, -0.1) is 0 Å². The Hall–Kier alpha value is -4.95. The average Bonchev–Trinajstić information content (AvgIpc) is 3.60. The molecule has 280 valence electrons. The highest BCUT2D eigenvalue weighted by Crippen LogP contribution is 2.41. The number of nitrogens with two attached hydrogens (primary N) is 1. The summed E-state index contributed by atoms with van der Waals surface area (Å²) in [6, 6.07) is 12.7. The van der Waals surface area contributed by atoms with Gasteiger partial charge in [-0.2, -0.15) is 0 Å². The van der Waals surface area contributed by atoms with Crippen LogP contribution in [0.2, 0.25) is 0 Å². The molecule has 0 aliphatic carbocycles. The molecule has 1 saturated heterocycles. The van der Waals surface area contributed by atoms with E-state index in [2.05, 4.69) is 10.6 Å². The zero-order valence-electron chi connectivity index (χ0n) is 30.0. The molecule has 5 N–H and O–H groups in total. The van der Waals surface area contributed by atoms with Crippen molar-refractivity contribution >= 4 is 29.5 Å². The van der Waals surface area contributed by atoms with Gasteiger partial charge in [-0.05, 0) is 41.7 Å². The van der Waals surface area contributed by atoms with Crippen molar-refractivity contribution in [2.24, 2.45) is 17.1 Å². The molecule has 52 heavy (non-hydrogen) atoms. The molecule has 1 unspecified atom stereocenters. The van der Waals surface area contributed by atoms with Gasteiger partial charge in [0.25, 0.3) is 0 Å². The lowest BCUT2D eigenvalue weighted by Gasteiger charge is -2.41. The van der Waals surface area contributed by atoms with Crippen molar-refractivity contribution in [3.05, 3.63) is 83.7 Å². The summed E-state index contributed by atoms with van der Waals surface area (Å²) in [7, 11) is 0. The lowest BCUT2D eigenvalue weighted by atomic mass is 9.82. The van der Waals surface area contributed by atoms with E-state index in [-0.39, 0.29) is 74.6 Å². The summed E-state index contributed by atoms with van der Waals surface area (Å²) in [6.45, 7) is 7.08. The summed E-state index contributed by atoms with van der Waals surface area (Å²) in [5.74, 6) is -3.66. The number of carbonyl (C=O) groups is 5. The van der Waals surface area contributed by atoms with Gasteiger partial charge in [-0.1, -0.05) is 58.0 Å². The number of aliphatic hydroxyl groups is 1. The second-order valence-corrected chi connectivity index (χ2v) is 14.2. The summed E-state index contributed by atoms with van der Waals surface area (Å²) in [5.41, 5.74) is 7.58. The Morgan fingerprint density at radius 3 is 2.38 bits per heavy atom. The van der Waals surface area contributed by atoms with Gasteiger partial charge in [-0.25, -0.2) is 8.78 Å². The number of nitrogens with one attached hydrogen (secondary N) is 2. The number of benzene rings is 2. The molecule has 1 aromatic heterocycles. The van der Waals surface area contributed by atoms with Gasteiger partial charge in [0.05, 0.1) is 12.1 Å². The average molecular weight is 723 g/mol. The molecule has 1 fully saturated rings. The third-order valence-corrected chi connectivity index (χ3v) is 9.03. The van der Waals surface area contributed by atoms with Crippen LogP contribution < -0.4 is 16.4 Å². The smallest absolute Gasteiger partial charge is 0.248 e. The maximum atomic E-state index is 15.0. The van der Waals surface area contributed by atoms with Gasteiger partial charge in [0.1, 0.15) is 18.2 Å². The molecule has 14 heteroatoms. The summed E-state index contributed by atoms with van der Waals surface area (Å²) in [5, 5.41) is 15.3. The third kappa shape index (κ3) is 10.1. The summed E-state index contributed by atoms with van der Waals surface area (Å²) in [4.78, 5) is 65.2. The fourth-order valence-corrected chi connectivity index (χ4v) is 6.42. The van der Waals surface area contributed by atoms with E-state index in [1.54, 1.807) is 19.2 Å². The standard InChI is InChI=1S/C38H48F2N6O6/c1-24-18-33(49)46(37(24)52)17-15-42-32(48)12-14-43-36(51)30(41)13-16-45(34(50)23-47)35(38(2,3)4)31-19-26(28-20-27(39)10-11-29(28)40)22-44(31)21-25-8-6-5-7-9-25/h5-11,19-20,22,24,30,35,47H,12-18,21,23,41H2,1-4H3,(H,42,48)(H,43,51)/t24?,30-,35-/m0/s1. The van der Waals surface area contributed by atoms with Gasteiger partial charge in [0.2, 0.25) is 29.5 Å². The van der Waals surface area contributed by atoms with Crippen molar-refractivity contribution in [2.45, 2.75) is 65.6 Å². The molecule has 4 rings (SSSR count). The Kier molecular flexibility index (Phi) is 13.4. The quantitative estimate of drug-likeness (QED) is 0.165. The number of likely N-dealkylation sites (tertiary alicyclic amines) is 1. The monoisotopic (exact) mass is 722 g/mol. The van der Waals surface area contributed by atoms with Crippen LogP contribution in [0.3, 0.4) is 0 Å². The van der Waals surface area contributed by atoms with Crippen LogP contribution in [-0.4, -0.2) is 87.8 Å². The van der Waals surface area contributed by atoms with E-state index < -0.39 is 47.6 Å². The first-order valence-corrected chi connectivity index (χ1v) is 17.3. The number of aromatic nitrogens is 1. The topological polar surface area (TPSA) is 167 Å². The van der Waals surface area contributed by atoms with E-state index in [1.165, 1.54) is 4.90 Å². The minimum absolute atomic E-state index is 0.0113. The van der Waals surface area contributed by atoms with Crippen LogP contribution in [0.5, 0.6) is 0 Å². The first-order chi connectivity index (χ1) is 24.6. The number of aliphatic hydroxyl groups excluding tert-OH is 1. The van der Waals surface area contributed by atoms with Gasteiger partial charge in [0, 0.05) is 74.5 Å². The highest BCUT2D eigenvalue weighted by atomic mass is 19.1. The maximum absolute atomic E-state index is 15.0. The third-order valence-electron chi connectivity index (χ3n) is 9.03. The molecule has 2 aromatic carbocycles. The Morgan fingerprint density at radius 2 is 1.75 bits per heavy atom. The Balaban J connectivity index is 1.46. The number of hydrogen-bond donors (Lipinski definition) is 4. The van der Waals surface area contributed by atoms with Gasteiger partial charge in [-0.3, -0.25) is 28.9 Å². The fraction of sp³-hybridized carbons (Fsp3) is 0.447. The molecule has 3 atom stereocenters. The van der Waals surface area contributed by atoms with Crippen LogP contribution in [0.4, 0.5) is 8.78 Å². The molecule has 5 amide bonds. The van der Waals surface area contributed by atoms with Crippen molar-refractivity contribution < 1.29 is 37.9 Å². The Morgan fingerprint density at radius 1 is 1.04 bits per heavy atom. The second-order valence-electron chi connectivity index (χ2n) is 14.2. The zero-order chi connectivity index (χ0) is 38.2. The van der Waals surface area contributed by atoms with Crippen LogP contribution in [0.25, 0.3) is 11.1 Å². The van der Waals surface area contributed by atoms with Gasteiger partial charge < -0.3 is 30.9 Å². The van der Waals surface area contributed by atoms with Crippen LogP contribution in [0, 0.1) is 23.0 Å². The number of imide groups is 1. The SMILES string of the molecule is CC1CC(=O)N(CCNC(=O)CCNC(=O)[C@@H](N)CCN(C(=O)CO)[C@@H](c2cc(-c3cc(F)ccc3F)cn2Cc2ccccc2)C(C)(C)C)C1=O. The van der Waals surface area contributed by atoms with Crippen LogP contribution in [0.15, 0.2) is 60.8 Å². The predicted octanol–water partition coefficient (Wildman–Crippen LogP) is 3.12. The number of carbonyl (C=O) groups excluding carboxylic acids is 5. The molecule has 2 heterocycles. The molecule has 0 spiro atoms. The number of hydrogen-bond acceptors (Lipinski definition) is 7. The summed E-state index contributed by atoms with van der Waals surface area (Å²) in [6.07, 6.45) is 1.81. The minimum Gasteiger partial charge on any atom is -0.387 e. The maximum Gasteiger partial charge on any atom is 0.248 e. The van der Waals surface area contributed by atoms with E-state index in [1.807, 2.05) is 55.7 Å². The Bertz CT molecular complexity index is 1760. The van der Waals surface area contributed by atoms with Crippen molar-refractivity contribution in [3.8, 4) is 11.1 Å². The van der Waals surface area contributed by atoms with Crippen LogP contribution >= 0.6 is 0 Å². The summed E-state index contributed by atoms with van der Waals surface area (Å²) < 4.78 is 31.1. The molecule has 0 bridgehead atoms. The molecule has 1 aliphatic rings. The zero-order valence-corrected chi connectivity index (χ0v) is 30.0. The van der Waals surface area contributed by atoms with Crippen LogP contribution in [0.1, 0.15) is 64.3 Å². The first-order valence-electron chi connectivity index (χ1n) is 17.3. The van der Waals surface area contributed by atoms with Crippen molar-refractivity contribution in [1.82, 2.24) is 25.0 Å². The molecule has 0 radical (unpaired) electrons. The molecule has 3 aromatic rings. The number of rotatable bonds is 16. The lowest BCUT2D eigenvalue weighted by molar-refractivity contribution is -0.140. The molecule has 1 aliphatic heterocycles. The van der Waals surface area contributed by atoms with Gasteiger partial charge >= 0.3 is 0 Å². The van der Waals surface area contributed by atoms with Crippen molar-refractivity contribution in [2.75, 3.05) is 32.8 Å². The summed E-state index contributed by atoms with van der Waals surface area (Å²) >= 11 is 0. The second kappa shape index (κ2) is 17.5. The van der Waals surface area contributed by atoms with Crippen LogP contribution in [-0.2, 0) is 30.5 Å². The predicted molar refractivity (Wildman–Crippen MR) is 190 cm³/mol. The van der Waals surface area contributed by atoms with Crippen molar-refractivity contribution in [1.29, 1.82) is 0 Å². The van der Waals surface area contributed by atoms with E-state index >= 15 is 0 Å². The molecule has 0 saturated carbocycles.